The van der Waals surface area contributed by atoms with E-state index >= 15 is 0 Å². The Balaban J connectivity index is 0.997. The van der Waals surface area contributed by atoms with Crippen molar-refractivity contribution >= 4 is 52.7 Å². The van der Waals surface area contributed by atoms with Crippen molar-refractivity contribution < 1.29 is 28.7 Å². The van der Waals surface area contributed by atoms with Crippen LogP contribution < -0.4 is 36.9 Å². The molecule has 4 amide bonds. The number of aromatic nitrogens is 3. The van der Waals surface area contributed by atoms with Crippen LogP contribution in [0.2, 0.25) is 0 Å². The standard InChI is InChI=1S/C36H40N10O6/c1-21-15-36(38)20-40-26-14-29(28(51-4)13-25(26)35(50)46(36)17-21)52-11-5-6-31(47)42-30-19-45(3)32(43-30)34(49)41-24-12-27(44(2)18-24)33(48)39-16-22-7-9-23(37)10-8-22/h7-10,12-14,18-20H,1,5-6,11,15-17,37-38H2,2-4H3,(H,39,48)(H,41,49)(H,42,47)/t36-/m0/s1. The van der Waals surface area contributed by atoms with Crippen LogP contribution in [0.4, 0.5) is 22.9 Å². The van der Waals surface area contributed by atoms with Gasteiger partial charge in [-0.25, -0.2) is 4.98 Å². The van der Waals surface area contributed by atoms with Gasteiger partial charge in [0.15, 0.2) is 17.3 Å². The Morgan fingerprint density at radius 1 is 1.02 bits per heavy atom. The molecular weight excluding hydrogens is 668 g/mol. The van der Waals surface area contributed by atoms with Gasteiger partial charge in [0.05, 0.1) is 30.7 Å². The zero-order valence-corrected chi connectivity index (χ0v) is 29.1. The van der Waals surface area contributed by atoms with Crippen molar-refractivity contribution in [3.8, 4) is 11.5 Å². The van der Waals surface area contributed by atoms with E-state index in [0.29, 0.717) is 65.7 Å². The Morgan fingerprint density at radius 2 is 1.79 bits per heavy atom. The summed E-state index contributed by atoms with van der Waals surface area (Å²) in [4.78, 5) is 62.2. The van der Waals surface area contributed by atoms with Crippen LogP contribution in [-0.4, -0.2) is 74.8 Å². The summed E-state index contributed by atoms with van der Waals surface area (Å²) in [6.45, 7) is 4.80. The molecule has 0 bridgehead atoms. The fourth-order valence-electron chi connectivity index (χ4n) is 6.04. The molecule has 52 heavy (non-hydrogen) atoms. The van der Waals surface area contributed by atoms with Crippen molar-refractivity contribution in [2.45, 2.75) is 31.5 Å². The number of methoxy groups -OCH3 is 1. The Kier molecular flexibility index (Phi) is 9.83. The maximum atomic E-state index is 13.3. The molecule has 1 atom stereocenters. The number of aliphatic imine (C=N–C) groups is 1. The Bertz CT molecular complexity index is 2100. The van der Waals surface area contributed by atoms with E-state index in [2.05, 4.69) is 32.5 Å². The lowest BCUT2D eigenvalue weighted by atomic mass is 10.1. The number of ether oxygens (including phenoxy) is 2. The number of rotatable bonds is 12. The highest BCUT2D eigenvalue weighted by Crippen LogP contribution is 2.40. The zero-order valence-electron chi connectivity index (χ0n) is 29.1. The summed E-state index contributed by atoms with van der Waals surface area (Å²) in [6, 6.07) is 12.0. The minimum absolute atomic E-state index is 0.0548. The van der Waals surface area contributed by atoms with Crippen molar-refractivity contribution in [2.75, 3.05) is 36.6 Å². The van der Waals surface area contributed by atoms with E-state index in [1.165, 1.54) is 17.9 Å². The van der Waals surface area contributed by atoms with E-state index in [4.69, 9.17) is 20.9 Å². The fourth-order valence-corrected chi connectivity index (χ4v) is 6.04. The number of nitrogen functional groups attached to an aromatic ring is 1. The molecule has 16 heteroatoms. The predicted molar refractivity (Wildman–Crippen MR) is 195 cm³/mol. The summed E-state index contributed by atoms with van der Waals surface area (Å²) < 4.78 is 14.5. The molecule has 7 N–H and O–H groups in total. The third kappa shape index (κ3) is 7.51. The molecule has 1 saturated heterocycles. The highest BCUT2D eigenvalue weighted by molar-refractivity contribution is 6.05. The van der Waals surface area contributed by atoms with Gasteiger partial charge in [-0.05, 0) is 36.2 Å². The summed E-state index contributed by atoms with van der Waals surface area (Å²) in [6.07, 6.45) is 5.58. The predicted octanol–water partition coefficient (Wildman–Crippen LogP) is 3.10. The second-order valence-electron chi connectivity index (χ2n) is 12.8. The summed E-state index contributed by atoms with van der Waals surface area (Å²) in [7, 11) is 4.80. The van der Waals surface area contributed by atoms with Crippen molar-refractivity contribution in [1.29, 1.82) is 0 Å². The number of anilines is 3. The van der Waals surface area contributed by atoms with Crippen LogP contribution in [-0.2, 0) is 25.4 Å². The third-order valence-corrected chi connectivity index (χ3v) is 8.68. The number of nitrogens with one attached hydrogen (secondary N) is 3. The highest BCUT2D eigenvalue weighted by atomic mass is 16.5. The first-order chi connectivity index (χ1) is 24.8. The van der Waals surface area contributed by atoms with Crippen LogP contribution in [0.25, 0.3) is 0 Å². The summed E-state index contributed by atoms with van der Waals surface area (Å²) in [5.74, 6) is -0.467. The molecule has 6 rings (SSSR count). The molecule has 0 aliphatic carbocycles. The first-order valence-electron chi connectivity index (χ1n) is 16.4. The van der Waals surface area contributed by atoms with Gasteiger partial charge in [-0.1, -0.05) is 24.3 Å². The van der Waals surface area contributed by atoms with E-state index in [1.54, 1.807) is 66.3 Å². The maximum Gasteiger partial charge on any atom is 0.291 e. The number of imidazole rings is 1. The van der Waals surface area contributed by atoms with E-state index in [-0.39, 0.29) is 42.4 Å². The maximum absolute atomic E-state index is 13.3. The normalized spacial score (nSPS) is 16.2. The van der Waals surface area contributed by atoms with Gasteiger partial charge in [0, 0.05) is 70.4 Å². The monoisotopic (exact) mass is 708 g/mol. The number of amides is 4. The summed E-state index contributed by atoms with van der Waals surface area (Å²) >= 11 is 0. The molecule has 4 heterocycles. The molecule has 2 aromatic carbocycles. The van der Waals surface area contributed by atoms with E-state index < -0.39 is 11.6 Å². The molecular formula is C36H40N10O6. The molecule has 270 valence electrons. The van der Waals surface area contributed by atoms with Gasteiger partial charge < -0.3 is 50.9 Å². The quantitative estimate of drug-likeness (QED) is 0.0830. The minimum Gasteiger partial charge on any atom is -0.493 e. The van der Waals surface area contributed by atoms with Gasteiger partial charge in [-0.3, -0.25) is 24.2 Å². The zero-order chi connectivity index (χ0) is 37.2. The second-order valence-corrected chi connectivity index (χ2v) is 12.8. The van der Waals surface area contributed by atoms with E-state index in [1.807, 2.05) is 12.1 Å². The molecule has 2 aliphatic rings. The van der Waals surface area contributed by atoms with Crippen molar-refractivity contribution in [1.82, 2.24) is 24.3 Å². The largest absolute Gasteiger partial charge is 0.493 e. The summed E-state index contributed by atoms with van der Waals surface area (Å²) in [5, 5.41) is 8.31. The van der Waals surface area contributed by atoms with Crippen molar-refractivity contribution in [3.63, 3.8) is 0 Å². The lowest BCUT2D eigenvalue weighted by Gasteiger charge is -2.29. The van der Waals surface area contributed by atoms with Crippen LogP contribution in [0.3, 0.4) is 0 Å². The summed E-state index contributed by atoms with van der Waals surface area (Å²) in [5.41, 5.74) is 15.0. The molecule has 0 unspecified atom stereocenters. The molecule has 0 radical (unpaired) electrons. The lowest BCUT2D eigenvalue weighted by Crippen LogP contribution is -2.54. The van der Waals surface area contributed by atoms with E-state index in [0.717, 1.165) is 11.1 Å². The van der Waals surface area contributed by atoms with Crippen molar-refractivity contribution in [3.05, 3.63) is 89.7 Å². The molecule has 0 saturated carbocycles. The van der Waals surface area contributed by atoms with Crippen LogP contribution in [0, 0.1) is 0 Å². The molecule has 2 aliphatic heterocycles. The topological polar surface area (TPSA) is 213 Å². The van der Waals surface area contributed by atoms with E-state index in [9.17, 15) is 19.2 Å². The second kappa shape index (κ2) is 14.4. The van der Waals surface area contributed by atoms with Gasteiger partial charge in [-0.2, -0.15) is 0 Å². The third-order valence-electron chi connectivity index (χ3n) is 8.68. The Labute approximate surface area is 299 Å². The van der Waals surface area contributed by atoms with Crippen LogP contribution in [0.1, 0.15) is 56.3 Å². The van der Waals surface area contributed by atoms with Crippen LogP contribution in [0.5, 0.6) is 11.5 Å². The Hall–Kier alpha value is -6.42. The average Bonchev–Trinajstić information content (AvgIpc) is 3.75. The van der Waals surface area contributed by atoms with Gasteiger partial charge in [0.2, 0.25) is 11.7 Å². The minimum atomic E-state index is -1.04. The molecule has 0 spiro atoms. The molecule has 16 nitrogen and oxygen atoms in total. The Morgan fingerprint density at radius 3 is 2.54 bits per heavy atom. The SMILES string of the molecule is C=C1CN2C(=O)c3cc(OC)c(OCCCC(=O)Nc4cn(C)c(C(=O)Nc5cc(C(=O)NCc6ccc(N)cc6)n(C)c5)n4)cc3N=C[C@]2(N)C1. The van der Waals surface area contributed by atoms with Gasteiger partial charge in [-0.15, -0.1) is 0 Å². The number of nitrogens with two attached hydrogens (primary N) is 2. The smallest absolute Gasteiger partial charge is 0.291 e. The number of benzene rings is 2. The fraction of sp³-hybridized carbons (Fsp3) is 0.278. The molecule has 4 aromatic rings. The number of carbonyl (C=O) groups excluding carboxylic acids is 4. The van der Waals surface area contributed by atoms with Gasteiger partial charge in [0.25, 0.3) is 17.7 Å². The molecule has 2 aromatic heterocycles. The number of aryl methyl sites for hydroxylation is 2. The number of hydrogen-bond donors (Lipinski definition) is 5. The first-order valence-corrected chi connectivity index (χ1v) is 16.4. The average molecular weight is 709 g/mol. The number of nitrogens with zero attached hydrogens (tertiary/aromatic N) is 5. The number of hydrogen-bond acceptors (Lipinski definition) is 10. The number of fused-ring (bicyclic) bond motifs is 2. The van der Waals surface area contributed by atoms with Crippen LogP contribution in [0.15, 0.2) is 72.0 Å². The van der Waals surface area contributed by atoms with Crippen molar-refractivity contribution in [2.24, 2.45) is 24.8 Å². The van der Waals surface area contributed by atoms with Crippen LogP contribution >= 0.6 is 0 Å². The molecule has 1 fully saturated rings. The first kappa shape index (κ1) is 35.4. The van der Waals surface area contributed by atoms with Gasteiger partial charge >= 0.3 is 0 Å². The van der Waals surface area contributed by atoms with Gasteiger partial charge in [0.1, 0.15) is 11.4 Å². The lowest BCUT2D eigenvalue weighted by molar-refractivity contribution is -0.116. The number of carbonyl (C=O) groups is 4. The highest BCUT2D eigenvalue weighted by Gasteiger charge is 2.43.